The number of fused-ring (bicyclic) bond motifs is 1. The summed E-state index contributed by atoms with van der Waals surface area (Å²) in [6.07, 6.45) is 2.69. The van der Waals surface area contributed by atoms with Crippen molar-refractivity contribution in [2.75, 3.05) is 23.8 Å². The van der Waals surface area contributed by atoms with Crippen LogP contribution in [0.3, 0.4) is 0 Å². The molecule has 8 nitrogen and oxygen atoms in total. The lowest BCUT2D eigenvalue weighted by molar-refractivity contribution is 0.0955. The highest BCUT2D eigenvalue weighted by Crippen LogP contribution is 2.32. The number of amides is 1. The number of aryl methyl sites for hydroxylation is 2. The number of hydrogen-bond acceptors (Lipinski definition) is 6. The molecule has 0 spiro atoms. The Morgan fingerprint density at radius 3 is 2.49 bits per heavy atom. The summed E-state index contributed by atoms with van der Waals surface area (Å²) in [5, 5.41) is 4.04. The molecule has 0 aromatic heterocycles. The first-order chi connectivity index (χ1) is 16.7. The van der Waals surface area contributed by atoms with Gasteiger partial charge in [-0.1, -0.05) is 24.3 Å². The van der Waals surface area contributed by atoms with Gasteiger partial charge in [0.25, 0.3) is 5.91 Å². The van der Waals surface area contributed by atoms with Crippen molar-refractivity contribution in [1.82, 2.24) is 5.43 Å². The van der Waals surface area contributed by atoms with E-state index in [1.807, 2.05) is 44.2 Å². The van der Waals surface area contributed by atoms with Crippen LogP contribution in [-0.2, 0) is 16.6 Å². The average Bonchev–Trinajstić information content (AvgIpc) is 2.84. The maximum absolute atomic E-state index is 12.5. The van der Waals surface area contributed by atoms with E-state index in [0.717, 1.165) is 16.7 Å². The van der Waals surface area contributed by atoms with Gasteiger partial charge < -0.3 is 9.47 Å². The minimum atomic E-state index is -3.50. The van der Waals surface area contributed by atoms with E-state index in [9.17, 15) is 13.2 Å². The van der Waals surface area contributed by atoms with Crippen LogP contribution in [0.5, 0.6) is 11.5 Å². The quantitative estimate of drug-likeness (QED) is 0.399. The zero-order valence-corrected chi connectivity index (χ0v) is 20.6. The van der Waals surface area contributed by atoms with E-state index in [1.165, 1.54) is 16.8 Å². The van der Waals surface area contributed by atoms with Crippen LogP contribution in [0, 0.1) is 13.8 Å². The molecular weight excluding hydrogens is 466 g/mol. The SMILES string of the molecule is Cc1ccc(N(Cc2ccc(C(=O)NN=Cc3cccc4c3OCCO4)cc2)S(C)(=O)=O)cc1C. The number of nitrogens with one attached hydrogen (secondary N) is 1. The van der Waals surface area contributed by atoms with Gasteiger partial charge in [-0.25, -0.2) is 13.8 Å². The molecule has 3 aromatic carbocycles. The van der Waals surface area contributed by atoms with Gasteiger partial charge in [-0.15, -0.1) is 0 Å². The first kappa shape index (κ1) is 24.3. The summed E-state index contributed by atoms with van der Waals surface area (Å²) >= 11 is 0. The van der Waals surface area contributed by atoms with Crippen LogP contribution in [-0.4, -0.2) is 40.0 Å². The van der Waals surface area contributed by atoms with Crippen molar-refractivity contribution in [2.24, 2.45) is 5.10 Å². The van der Waals surface area contributed by atoms with E-state index in [2.05, 4.69) is 10.5 Å². The second-order valence-corrected chi connectivity index (χ2v) is 10.2. The predicted octanol–water partition coefficient (Wildman–Crippen LogP) is 3.80. The van der Waals surface area contributed by atoms with Crippen LogP contribution in [0.15, 0.2) is 65.8 Å². The molecule has 0 radical (unpaired) electrons. The van der Waals surface area contributed by atoms with Crippen molar-refractivity contribution in [3.63, 3.8) is 0 Å². The lowest BCUT2D eigenvalue weighted by Gasteiger charge is -2.23. The van der Waals surface area contributed by atoms with E-state index in [1.54, 1.807) is 30.3 Å². The highest BCUT2D eigenvalue weighted by Gasteiger charge is 2.19. The topological polar surface area (TPSA) is 97.3 Å². The summed E-state index contributed by atoms with van der Waals surface area (Å²) in [4.78, 5) is 12.5. The summed E-state index contributed by atoms with van der Waals surface area (Å²) < 4.78 is 37.5. The molecule has 1 heterocycles. The molecule has 9 heteroatoms. The molecular formula is C26H27N3O5S. The first-order valence-corrected chi connectivity index (χ1v) is 12.9. The van der Waals surface area contributed by atoms with Crippen LogP contribution in [0.4, 0.5) is 5.69 Å². The average molecular weight is 494 g/mol. The molecule has 0 unspecified atom stereocenters. The van der Waals surface area contributed by atoms with Gasteiger partial charge in [0.15, 0.2) is 11.5 Å². The summed E-state index contributed by atoms with van der Waals surface area (Å²) in [7, 11) is -3.50. The maximum atomic E-state index is 12.5. The number of benzene rings is 3. The Balaban J connectivity index is 1.44. The Morgan fingerprint density at radius 1 is 1.03 bits per heavy atom. The van der Waals surface area contributed by atoms with E-state index in [4.69, 9.17) is 9.47 Å². The maximum Gasteiger partial charge on any atom is 0.271 e. The number of para-hydroxylation sites is 1. The third-order valence-electron chi connectivity index (χ3n) is 5.69. The van der Waals surface area contributed by atoms with Gasteiger partial charge in [-0.2, -0.15) is 5.10 Å². The third-order valence-corrected chi connectivity index (χ3v) is 6.83. The Bertz CT molecular complexity index is 1370. The molecule has 1 amide bonds. The zero-order valence-electron chi connectivity index (χ0n) is 19.8. The van der Waals surface area contributed by atoms with Gasteiger partial charge >= 0.3 is 0 Å². The fourth-order valence-electron chi connectivity index (χ4n) is 3.63. The number of hydrazone groups is 1. The molecule has 1 N–H and O–H groups in total. The van der Waals surface area contributed by atoms with Gasteiger partial charge in [0.05, 0.1) is 24.7 Å². The molecule has 0 aliphatic carbocycles. The largest absolute Gasteiger partial charge is 0.486 e. The molecule has 3 aromatic rings. The third kappa shape index (κ3) is 5.81. The first-order valence-electron chi connectivity index (χ1n) is 11.1. The summed E-state index contributed by atoms with van der Waals surface area (Å²) in [5.41, 5.74) is 7.06. The van der Waals surface area contributed by atoms with Crippen molar-refractivity contribution in [2.45, 2.75) is 20.4 Å². The number of rotatable bonds is 7. The van der Waals surface area contributed by atoms with Crippen LogP contribution in [0.25, 0.3) is 0 Å². The van der Waals surface area contributed by atoms with Gasteiger partial charge in [-0.3, -0.25) is 9.10 Å². The minimum absolute atomic E-state index is 0.155. The highest BCUT2D eigenvalue weighted by atomic mass is 32.2. The normalized spacial score (nSPS) is 13.0. The van der Waals surface area contributed by atoms with E-state index < -0.39 is 10.0 Å². The van der Waals surface area contributed by atoms with Crippen molar-refractivity contribution in [1.29, 1.82) is 0 Å². The number of anilines is 1. The summed E-state index contributed by atoms with van der Waals surface area (Å²) in [6, 6.07) is 17.8. The molecule has 0 fully saturated rings. The molecule has 182 valence electrons. The minimum Gasteiger partial charge on any atom is -0.486 e. The zero-order chi connectivity index (χ0) is 25.0. The Labute approximate surface area is 205 Å². The van der Waals surface area contributed by atoms with Crippen LogP contribution in [0.1, 0.15) is 32.6 Å². The predicted molar refractivity (Wildman–Crippen MR) is 136 cm³/mol. The van der Waals surface area contributed by atoms with E-state index in [0.29, 0.717) is 41.5 Å². The van der Waals surface area contributed by atoms with Crippen molar-refractivity contribution in [3.8, 4) is 11.5 Å². The molecule has 1 aliphatic rings. The molecule has 1 aliphatic heterocycles. The van der Waals surface area contributed by atoms with Crippen LogP contribution >= 0.6 is 0 Å². The highest BCUT2D eigenvalue weighted by molar-refractivity contribution is 7.92. The van der Waals surface area contributed by atoms with Crippen LogP contribution < -0.4 is 19.2 Å². The van der Waals surface area contributed by atoms with Gasteiger partial charge in [-0.05, 0) is 66.9 Å². The Kier molecular flexibility index (Phi) is 7.07. The molecule has 4 rings (SSSR count). The summed E-state index contributed by atoms with van der Waals surface area (Å²) in [6.45, 7) is 5.03. The second kappa shape index (κ2) is 10.2. The van der Waals surface area contributed by atoms with Crippen molar-refractivity contribution in [3.05, 3.63) is 88.5 Å². The molecule has 0 saturated carbocycles. The fraction of sp³-hybridized carbons (Fsp3) is 0.231. The van der Waals surface area contributed by atoms with Crippen molar-refractivity contribution >= 4 is 27.8 Å². The second-order valence-electron chi connectivity index (χ2n) is 8.31. The Morgan fingerprint density at radius 2 is 1.77 bits per heavy atom. The molecule has 0 bridgehead atoms. The molecule has 35 heavy (non-hydrogen) atoms. The molecule has 0 saturated heterocycles. The van der Waals surface area contributed by atoms with E-state index in [-0.39, 0.29) is 12.5 Å². The lowest BCUT2D eigenvalue weighted by Crippen LogP contribution is -2.29. The lowest BCUT2D eigenvalue weighted by atomic mass is 10.1. The van der Waals surface area contributed by atoms with Gasteiger partial charge in [0.2, 0.25) is 10.0 Å². The van der Waals surface area contributed by atoms with E-state index >= 15 is 0 Å². The van der Waals surface area contributed by atoms with Crippen LogP contribution in [0.2, 0.25) is 0 Å². The van der Waals surface area contributed by atoms with Crippen molar-refractivity contribution < 1.29 is 22.7 Å². The number of hydrogen-bond donors (Lipinski definition) is 1. The smallest absolute Gasteiger partial charge is 0.271 e. The standard InChI is InChI=1S/C26H27N3O5S/c1-18-7-12-23(15-19(18)2)29(35(3,31)32)17-20-8-10-21(11-9-20)26(30)28-27-16-22-5-4-6-24-25(22)34-14-13-33-24/h4-12,15-16H,13-14,17H2,1-3H3,(H,28,30). The fourth-order valence-corrected chi connectivity index (χ4v) is 4.51. The monoisotopic (exact) mass is 493 g/mol. The number of nitrogens with zero attached hydrogens (tertiary/aromatic N) is 2. The molecule has 0 atom stereocenters. The number of sulfonamides is 1. The number of carbonyl (C=O) groups is 1. The van der Waals surface area contributed by atoms with Gasteiger partial charge in [0, 0.05) is 11.1 Å². The number of carbonyl (C=O) groups excluding carboxylic acids is 1. The Hall–Kier alpha value is -3.85. The number of ether oxygens (including phenoxy) is 2. The summed E-state index contributed by atoms with van der Waals surface area (Å²) in [5.74, 6) is 0.857. The van der Waals surface area contributed by atoms with Gasteiger partial charge in [0.1, 0.15) is 13.2 Å².